The summed E-state index contributed by atoms with van der Waals surface area (Å²) in [5, 5.41) is 2.88. The van der Waals surface area contributed by atoms with Crippen molar-refractivity contribution in [3.8, 4) is 0 Å². The summed E-state index contributed by atoms with van der Waals surface area (Å²) in [6.45, 7) is -0.971. The number of rotatable bonds is 7. The molecule has 1 aromatic heterocycles. The van der Waals surface area contributed by atoms with Crippen molar-refractivity contribution < 1.29 is 22.8 Å². The molecule has 1 fully saturated rings. The van der Waals surface area contributed by atoms with Gasteiger partial charge in [-0.1, -0.05) is 30.3 Å². The van der Waals surface area contributed by atoms with Gasteiger partial charge in [-0.3, -0.25) is 9.59 Å². The van der Waals surface area contributed by atoms with E-state index in [9.17, 15) is 22.8 Å². The van der Waals surface area contributed by atoms with Crippen molar-refractivity contribution in [2.45, 2.75) is 38.0 Å². The first kappa shape index (κ1) is 21.0. The summed E-state index contributed by atoms with van der Waals surface area (Å²) < 4.78 is 36.8. The number of para-hydroxylation sites is 1. The lowest BCUT2D eigenvalue weighted by atomic mass is 10.1. The summed E-state index contributed by atoms with van der Waals surface area (Å²) in [5.41, 5.74) is 2.91. The van der Waals surface area contributed by atoms with E-state index in [2.05, 4.69) is 4.98 Å². The van der Waals surface area contributed by atoms with Crippen LogP contribution < -0.4 is 5.32 Å². The second-order valence-corrected chi connectivity index (χ2v) is 7.78. The zero-order valence-corrected chi connectivity index (χ0v) is 16.7. The van der Waals surface area contributed by atoms with Crippen molar-refractivity contribution in [1.82, 2.24) is 15.2 Å². The molecule has 1 aliphatic rings. The Hall–Kier alpha value is -3.29. The van der Waals surface area contributed by atoms with E-state index in [1.165, 1.54) is 12.1 Å². The Morgan fingerprint density at radius 2 is 1.77 bits per heavy atom. The first-order valence-electron chi connectivity index (χ1n) is 10.1. The Labute approximate surface area is 177 Å². The molecular formula is C23H22F3N3O2. The average molecular weight is 429 g/mol. The van der Waals surface area contributed by atoms with E-state index in [1.54, 1.807) is 12.1 Å². The van der Waals surface area contributed by atoms with Gasteiger partial charge in [0.15, 0.2) is 0 Å². The zero-order chi connectivity index (χ0) is 22.0. The SMILES string of the molecule is O=C(NCC(F)(F)F)c1ccc(CN(C(=O)Cc2c[nH]c3ccccc23)C2CC2)cc1. The first-order valence-corrected chi connectivity index (χ1v) is 10.1. The molecule has 0 aliphatic heterocycles. The molecule has 8 heteroatoms. The molecule has 0 radical (unpaired) electrons. The maximum absolute atomic E-state index is 13.0. The topological polar surface area (TPSA) is 65.2 Å². The largest absolute Gasteiger partial charge is 0.405 e. The number of halogens is 3. The van der Waals surface area contributed by atoms with Crippen LogP contribution in [-0.2, 0) is 17.8 Å². The van der Waals surface area contributed by atoms with Crippen LogP contribution in [0.3, 0.4) is 0 Å². The minimum atomic E-state index is -4.45. The number of nitrogens with one attached hydrogen (secondary N) is 2. The summed E-state index contributed by atoms with van der Waals surface area (Å²) >= 11 is 0. The molecule has 162 valence electrons. The number of benzene rings is 2. The molecule has 1 saturated carbocycles. The second kappa shape index (κ2) is 8.45. The number of nitrogens with zero attached hydrogens (tertiary/aromatic N) is 1. The standard InChI is InChI=1S/C23H22F3N3O2/c24-23(25,26)14-28-22(31)16-7-5-15(6-8-16)13-29(18-9-10-18)21(30)11-17-12-27-20-4-2-1-3-19(17)20/h1-8,12,18,27H,9-11,13-14H2,(H,28,31). The normalized spacial score (nSPS) is 13.9. The van der Waals surface area contributed by atoms with Gasteiger partial charge in [-0.25, -0.2) is 0 Å². The lowest BCUT2D eigenvalue weighted by Gasteiger charge is -2.23. The highest BCUT2D eigenvalue weighted by molar-refractivity contribution is 5.94. The molecule has 31 heavy (non-hydrogen) atoms. The molecule has 3 aromatic rings. The first-order chi connectivity index (χ1) is 14.8. The molecule has 0 bridgehead atoms. The summed E-state index contributed by atoms with van der Waals surface area (Å²) in [6, 6.07) is 14.4. The number of carbonyl (C=O) groups is 2. The van der Waals surface area contributed by atoms with Crippen molar-refractivity contribution in [2.24, 2.45) is 0 Å². The summed E-state index contributed by atoms with van der Waals surface area (Å²) in [7, 11) is 0. The van der Waals surface area contributed by atoms with Gasteiger partial charge in [-0.2, -0.15) is 13.2 Å². The molecule has 2 N–H and O–H groups in total. The Morgan fingerprint density at radius 1 is 1.06 bits per heavy atom. The van der Waals surface area contributed by atoms with E-state index in [1.807, 2.05) is 40.7 Å². The maximum atomic E-state index is 13.0. The van der Waals surface area contributed by atoms with Crippen LogP contribution in [0.1, 0.15) is 34.3 Å². The molecule has 5 nitrogen and oxygen atoms in total. The van der Waals surface area contributed by atoms with E-state index in [0.29, 0.717) is 13.0 Å². The Bertz CT molecular complexity index is 1090. The number of amides is 2. The van der Waals surface area contributed by atoms with E-state index in [4.69, 9.17) is 0 Å². The summed E-state index contributed by atoms with van der Waals surface area (Å²) in [6.07, 6.45) is -0.388. The molecule has 1 heterocycles. The molecule has 0 atom stereocenters. The van der Waals surface area contributed by atoms with Crippen molar-refractivity contribution in [2.75, 3.05) is 6.54 Å². The van der Waals surface area contributed by atoms with Crippen LogP contribution in [0.5, 0.6) is 0 Å². The number of aromatic amines is 1. The van der Waals surface area contributed by atoms with Crippen molar-refractivity contribution in [3.63, 3.8) is 0 Å². The van der Waals surface area contributed by atoms with Crippen LogP contribution >= 0.6 is 0 Å². The molecule has 2 aromatic carbocycles. The number of aromatic nitrogens is 1. The molecule has 4 rings (SSSR count). The van der Waals surface area contributed by atoms with Crippen LogP contribution in [0.15, 0.2) is 54.7 Å². The van der Waals surface area contributed by atoms with Gasteiger partial charge >= 0.3 is 6.18 Å². The van der Waals surface area contributed by atoms with E-state index in [-0.39, 0.29) is 17.5 Å². The van der Waals surface area contributed by atoms with E-state index >= 15 is 0 Å². The number of H-pyrrole nitrogens is 1. The molecule has 0 spiro atoms. The van der Waals surface area contributed by atoms with Gasteiger partial charge in [0, 0.05) is 35.2 Å². The maximum Gasteiger partial charge on any atom is 0.405 e. The van der Waals surface area contributed by atoms with Crippen LogP contribution in [-0.4, -0.2) is 40.5 Å². The fourth-order valence-corrected chi connectivity index (χ4v) is 3.59. The van der Waals surface area contributed by atoms with Gasteiger partial charge < -0.3 is 15.2 Å². The van der Waals surface area contributed by atoms with Gasteiger partial charge in [-0.15, -0.1) is 0 Å². The predicted molar refractivity (Wildman–Crippen MR) is 110 cm³/mol. The third-order valence-electron chi connectivity index (χ3n) is 5.34. The highest BCUT2D eigenvalue weighted by Gasteiger charge is 2.33. The van der Waals surface area contributed by atoms with Gasteiger partial charge in [0.25, 0.3) is 5.91 Å². The number of carbonyl (C=O) groups excluding carboxylic acids is 2. The number of hydrogen-bond donors (Lipinski definition) is 2. The summed E-state index contributed by atoms with van der Waals surface area (Å²) in [4.78, 5) is 29.9. The highest BCUT2D eigenvalue weighted by atomic mass is 19.4. The van der Waals surface area contributed by atoms with E-state index < -0.39 is 18.6 Å². The fraction of sp³-hybridized carbons (Fsp3) is 0.304. The number of fused-ring (bicyclic) bond motifs is 1. The molecule has 0 unspecified atom stereocenters. The highest BCUT2D eigenvalue weighted by Crippen LogP contribution is 2.30. The van der Waals surface area contributed by atoms with Crippen molar-refractivity contribution in [1.29, 1.82) is 0 Å². The van der Waals surface area contributed by atoms with Gasteiger partial charge in [0.2, 0.25) is 5.91 Å². The lowest BCUT2D eigenvalue weighted by molar-refractivity contribution is -0.131. The number of alkyl halides is 3. The Morgan fingerprint density at radius 3 is 2.45 bits per heavy atom. The van der Waals surface area contributed by atoms with Gasteiger partial charge in [0.05, 0.1) is 6.42 Å². The van der Waals surface area contributed by atoms with Crippen molar-refractivity contribution >= 4 is 22.7 Å². The third kappa shape index (κ3) is 5.25. The fourth-order valence-electron chi connectivity index (χ4n) is 3.59. The monoisotopic (exact) mass is 429 g/mol. The zero-order valence-electron chi connectivity index (χ0n) is 16.7. The minimum absolute atomic E-state index is 0.0271. The smallest absolute Gasteiger partial charge is 0.361 e. The average Bonchev–Trinajstić information content (AvgIpc) is 3.51. The Balaban J connectivity index is 1.41. The van der Waals surface area contributed by atoms with Crippen LogP contribution in [0.25, 0.3) is 10.9 Å². The molecule has 0 saturated heterocycles. The van der Waals surface area contributed by atoms with Gasteiger partial charge in [0.1, 0.15) is 6.54 Å². The molecule has 2 amide bonds. The van der Waals surface area contributed by atoms with Crippen molar-refractivity contribution in [3.05, 3.63) is 71.4 Å². The predicted octanol–water partition coefficient (Wildman–Crippen LogP) is 4.19. The third-order valence-corrected chi connectivity index (χ3v) is 5.34. The summed E-state index contributed by atoms with van der Waals surface area (Å²) in [5.74, 6) is -0.752. The number of hydrogen-bond acceptors (Lipinski definition) is 2. The second-order valence-electron chi connectivity index (χ2n) is 7.78. The quantitative estimate of drug-likeness (QED) is 0.592. The van der Waals surface area contributed by atoms with E-state index in [0.717, 1.165) is 34.9 Å². The lowest BCUT2D eigenvalue weighted by Crippen LogP contribution is -2.34. The molecule has 1 aliphatic carbocycles. The minimum Gasteiger partial charge on any atom is -0.361 e. The van der Waals surface area contributed by atoms with Gasteiger partial charge in [-0.05, 0) is 42.2 Å². The molecular weight excluding hydrogens is 407 g/mol. The Kier molecular flexibility index (Phi) is 5.71. The van der Waals surface area contributed by atoms with Crippen LogP contribution in [0.4, 0.5) is 13.2 Å². The van der Waals surface area contributed by atoms with Crippen LogP contribution in [0.2, 0.25) is 0 Å². The van der Waals surface area contributed by atoms with Crippen LogP contribution in [0, 0.1) is 0 Å².